The first kappa shape index (κ1) is 23.0. The largest absolute Gasteiger partial charge is 0.508 e. The van der Waals surface area contributed by atoms with Crippen molar-refractivity contribution in [3.8, 4) is 28.6 Å². The lowest BCUT2D eigenvalue weighted by Gasteiger charge is -2.29. The topological polar surface area (TPSA) is 111 Å². The van der Waals surface area contributed by atoms with E-state index in [1.165, 1.54) is 0 Å². The molecule has 3 aromatic carbocycles. The van der Waals surface area contributed by atoms with Crippen molar-refractivity contribution in [3.05, 3.63) is 89.6 Å². The molecule has 3 N–H and O–H groups in total. The van der Waals surface area contributed by atoms with Crippen LogP contribution in [0.25, 0.3) is 11.4 Å². The first-order valence-corrected chi connectivity index (χ1v) is 11.3. The highest BCUT2D eigenvalue weighted by Crippen LogP contribution is 2.38. The fourth-order valence-corrected chi connectivity index (χ4v) is 4.25. The lowest BCUT2D eigenvalue weighted by Crippen LogP contribution is -2.31. The molecule has 1 aliphatic heterocycles. The normalized spacial score (nSPS) is 14.6. The van der Waals surface area contributed by atoms with Crippen molar-refractivity contribution in [3.63, 3.8) is 0 Å². The minimum absolute atomic E-state index is 0.0882. The second-order valence-electron chi connectivity index (χ2n) is 8.25. The highest BCUT2D eigenvalue weighted by molar-refractivity contribution is 6.06. The van der Waals surface area contributed by atoms with E-state index in [4.69, 9.17) is 14.6 Å². The van der Waals surface area contributed by atoms with Gasteiger partial charge in [-0.2, -0.15) is 4.98 Å². The predicted octanol–water partition coefficient (Wildman–Crippen LogP) is 4.60. The monoisotopic (exact) mass is 483 g/mol. The van der Waals surface area contributed by atoms with Crippen molar-refractivity contribution in [2.45, 2.75) is 13.0 Å². The van der Waals surface area contributed by atoms with Crippen LogP contribution in [0, 0.1) is 0 Å². The minimum atomic E-state index is -0.637. The number of ether oxygens (including phenoxy) is 2. The Labute approximate surface area is 208 Å². The fourth-order valence-electron chi connectivity index (χ4n) is 4.25. The summed E-state index contributed by atoms with van der Waals surface area (Å²) in [5.74, 6) is 2.01. The molecule has 1 aromatic heterocycles. The third-order valence-corrected chi connectivity index (χ3v) is 5.99. The third-order valence-electron chi connectivity index (χ3n) is 5.99. The van der Waals surface area contributed by atoms with E-state index in [-0.39, 0.29) is 11.7 Å². The number of carbonyl (C=O) groups is 1. The first-order valence-electron chi connectivity index (χ1n) is 11.3. The highest BCUT2D eigenvalue weighted by Gasteiger charge is 2.35. The third kappa shape index (κ3) is 4.22. The molecule has 9 heteroatoms. The van der Waals surface area contributed by atoms with Crippen molar-refractivity contribution in [1.82, 2.24) is 14.8 Å². The van der Waals surface area contributed by atoms with Gasteiger partial charge < -0.3 is 25.2 Å². The molecule has 0 saturated carbocycles. The van der Waals surface area contributed by atoms with Gasteiger partial charge in [-0.1, -0.05) is 24.3 Å². The van der Waals surface area contributed by atoms with Crippen LogP contribution in [0.4, 0.5) is 11.6 Å². The van der Waals surface area contributed by atoms with E-state index in [0.29, 0.717) is 40.0 Å². The molecule has 0 fully saturated rings. The molecule has 5 rings (SSSR count). The molecule has 4 aromatic rings. The van der Waals surface area contributed by atoms with E-state index in [2.05, 4.69) is 15.6 Å². The SMILES string of the molecule is COc1ccc(-c2nc3n(n2)C(c2cccc(O)c2)C(C(=O)Nc2ccccc2OC)=C(C)N3)cc1. The van der Waals surface area contributed by atoms with Gasteiger partial charge in [-0.25, -0.2) is 4.68 Å². The van der Waals surface area contributed by atoms with Crippen molar-refractivity contribution < 1.29 is 19.4 Å². The number of benzene rings is 3. The average molecular weight is 484 g/mol. The van der Waals surface area contributed by atoms with Gasteiger partial charge in [0.2, 0.25) is 5.95 Å². The second-order valence-corrected chi connectivity index (χ2v) is 8.25. The summed E-state index contributed by atoms with van der Waals surface area (Å²) in [7, 11) is 3.16. The summed E-state index contributed by atoms with van der Waals surface area (Å²) < 4.78 is 12.3. The quantitative estimate of drug-likeness (QED) is 0.368. The Kier molecular flexibility index (Phi) is 6.03. The van der Waals surface area contributed by atoms with Gasteiger partial charge in [0.15, 0.2) is 5.82 Å². The Morgan fingerprint density at radius 3 is 2.53 bits per heavy atom. The summed E-state index contributed by atoms with van der Waals surface area (Å²) in [6.07, 6.45) is 0. The van der Waals surface area contributed by atoms with Crippen LogP contribution in [-0.2, 0) is 4.79 Å². The maximum absolute atomic E-state index is 13.7. The number of carbonyl (C=O) groups excluding carboxylic acids is 1. The minimum Gasteiger partial charge on any atom is -0.508 e. The molecule has 0 aliphatic carbocycles. The van der Waals surface area contributed by atoms with Gasteiger partial charge in [-0.15, -0.1) is 5.10 Å². The molecule has 36 heavy (non-hydrogen) atoms. The van der Waals surface area contributed by atoms with Crippen LogP contribution < -0.4 is 20.1 Å². The number of nitrogens with zero attached hydrogens (tertiary/aromatic N) is 3. The van der Waals surface area contributed by atoms with Crippen LogP contribution in [0.3, 0.4) is 0 Å². The summed E-state index contributed by atoms with van der Waals surface area (Å²) in [6.45, 7) is 1.82. The van der Waals surface area contributed by atoms with E-state index >= 15 is 0 Å². The Bertz CT molecular complexity index is 1460. The molecule has 1 amide bonds. The number of phenols is 1. The van der Waals surface area contributed by atoms with Crippen molar-refractivity contribution in [2.24, 2.45) is 0 Å². The summed E-state index contributed by atoms with van der Waals surface area (Å²) in [5, 5.41) is 21.1. The maximum Gasteiger partial charge on any atom is 0.255 e. The van der Waals surface area contributed by atoms with Crippen LogP contribution in [-0.4, -0.2) is 40.0 Å². The van der Waals surface area contributed by atoms with Crippen molar-refractivity contribution >= 4 is 17.5 Å². The smallest absolute Gasteiger partial charge is 0.255 e. The van der Waals surface area contributed by atoms with Crippen molar-refractivity contribution in [2.75, 3.05) is 24.9 Å². The predicted molar refractivity (Wildman–Crippen MR) is 136 cm³/mol. The molecule has 0 bridgehead atoms. The molecule has 2 heterocycles. The van der Waals surface area contributed by atoms with E-state index in [0.717, 1.165) is 11.3 Å². The number of para-hydroxylation sites is 2. The van der Waals surface area contributed by atoms with E-state index in [9.17, 15) is 9.90 Å². The maximum atomic E-state index is 13.7. The average Bonchev–Trinajstić information content (AvgIpc) is 3.31. The lowest BCUT2D eigenvalue weighted by molar-refractivity contribution is -0.113. The Morgan fingerprint density at radius 1 is 1.03 bits per heavy atom. The van der Waals surface area contributed by atoms with Gasteiger partial charge in [0.25, 0.3) is 5.91 Å². The Morgan fingerprint density at radius 2 is 1.81 bits per heavy atom. The van der Waals surface area contributed by atoms with Crippen molar-refractivity contribution in [1.29, 1.82) is 0 Å². The van der Waals surface area contributed by atoms with E-state index < -0.39 is 6.04 Å². The number of methoxy groups -OCH3 is 2. The van der Waals surface area contributed by atoms with Gasteiger partial charge in [0.05, 0.1) is 25.5 Å². The summed E-state index contributed by atoms with van der Waals surface area (Å²) >= 11 is 0. The second kappa shape index (κ2) is 9.46. The molecule has 182 valence electrons. The van der Waals surface area contributed by atoms with E-state index in [1.54, 1.807) is 49.2 Å². The summed E-state index contributed by atoms with van der Waals surface area (Å²) in [5.41, 5.74) is 3.09. The van der Waals surface area contributed by atoms with Crippen LogP contribution in [0.15, 0.2) is 84.1 Å². The number of aromatic hydroxyl groups is 1. The standard InChI is InChI=1S/C27H25N5O4/c1-16-23(26(34)29-21-9-4-5-10-22(21)36-3)24(18-7-6-8-19(33)15-18)32-27(28-16)30-25(31-32)17-11-13-20(35-2)14-12-17/h4-15,24,33H,1-3H3,(H,29,34)(H,28,30,31). The zero-order valence-corrected chi connectivity index (χ0v) is 20.0. The fraction of sp³-hybridized carbons (Fsp3) is 0.148. The first-order chi connectivity index (χ1) is 17.5. The van der Waals surface area contributed by atoms with Gasteiger partial charge in [-0.3, -0.25) is 4.79 Å². The van der Waals surface area contributed by atoms with Gasteiger partial charge >= 0.3 is 0 Å². The van der Waals surface area contributed by atoms with Crippen LogP contribution >= 0.6 is 0 Å². The number of fused-ring (bicyclic) bond motifs is 1. The molecule has 0 radical (unpaired) electrons. The number of amides is 1. The number of phenolic OH excluding ortho intramolecular Hbond substituents is 1. The lowest BCUT2D eigenvalue weighted by atomic mass is 9.95. The highest BCUT2D eigenvalue weighted by atomic mass is 16.5. The van der Waals surface area contributed by atoms with Gasteiger partial charge in [-0.05, 0) is 61.0 Å². The Hall–Kier alpha value is -4.79. The zero-order valence-electron chi connectivity index (χ0n) is 20.0. The molecular formula is C27H25N5O4. The van der Waals surface area contributed by atoms with Crippen LogP contribution in [0.2, 0.25) is 0 Å². The molecule has 0 saturated heterocycles. The number of nitrogens with one attached hydrogen (secondary N) is 2. The molecule has 1 aliphatic rings. The Balaban J connectivity index is 1.59. The number of anilines is 2. The molecule has 0 spiro atoms. The molecule has 1 unspecified atom stereocenters. The number of aromatic nitrogens is 3. The summed E-state index contributed by atoms with van der Waals surface area (Å²) in [4.78, 5) is 18.4. The van der Waals surface area contributed by atoms with Crippen LogP contribution in [0.1, 0.15) is 18.5 Å². The molecule has 9 nitrogen and oxygen atoms in total. The number of allylic oxidation sites excluding steroid dienone is 1. The van der Waals surface area contributed by atoms with Gasteiger partial charge in [0, 0.05) is 11.3 Å². The summed E-state index contributed by atoms with van der Waals surface area (Å²) in [6, 6.07) is 20.8. The number of hydrogen-bond acceptors (Lipinski definition) is 7. The van der Waals surface area contributed by atoms with E-state index in [1.807, 2.05) is 49.4 Å². The molecule has 1 atom stereocenters. The van der Waals surface area contributed by atoms with Gasteiger partial charge in [0.1, 0.15) is 23.3 Å². The zero-order chi connectivity index (χ0) is 25.2. The van der Waals surface area contributed by atoms with Crippen LogP contribution in [0.5, 0.6) is 17.2 Å². The number of hydrogen-bond donors (Lipinski definition) is 3. The number of rotatable bonds is 6. The molecular weight excluding hydrogens is 458 g/mol.